The third-order valence-electron chi connectivity index (χ3n) is 4.26. The molecule has 0 saturated heterocycles. The monoisotopic (exact) mass is 399 g/mol. The molecule has 10 nitrogen and oxygen atoms in total. The number of carboxylic acids is 1. The maximum absolute atomic E-state index is 11.7. The molecule has 0 radical (unpaired) electrons. The van der Waals surface area contributed by atoms with Crippen molar-refractivity contribution in [3.63, 3.8) is 0 Å². The van der Waals surface area contributed by atoms with E-state index in [4.69, 9.17) is 0 Å². The predicted octanol–water partition coefficient (Wildman–Crippen LogP) is 0.0862. The van der Waals surface area contributed by atoms with E-state index in [1.54, 1.807) is 22.9 Å². The number of hydrogen-bond donors (Lipinski definition) is 4. The van der Waals surface area contributed by atoms with E-state index in [9.17, 15) is 28.6 Å². The van der Waals surface area contributed by atoms with E-state index in [0.29, 0.717) is 16.6 Å². The molecule has 0 aromatic carbocycles. The van der Waals surface area contributed by atoms with Gasteiger partial charge >= 0.3 is 12.1 Å². The Morgan fingerprint density at radius 2 is 2.15 bits per heavy atom. The van der Waals surface area contributed by atoms with Crippen LogP contribution in [0.15, 0.2) is 28.9 Å². The number of carbonyl (C=O) groups excluding carboxylic acids is 1. The smallest absolute Gasteiger partial charge is 0.433 e. The van der Waals surface area contributed by atoms with E-state index in [0.717, 1.165) is 0 Å². The maximum atomic E-state index is 11.7. The second-order valence-electron chi connectivity index (χ2n) is 6.37. The Balaban J connectivity index is 2.44. The molecule has 1 aromatic rings. The van der Waals surface area contributed by atoms with Gasteiger partial charge in [0, 0.05) is 11.9 Å². The van der Waals surface area contributed by atoms with Crippen LogP contribution in [0.5, 0.6) is 0 Å². The Morgan fingerprint density at radius 3 is 2.67 bits per heavy atom. The minimum Gasteiger partial charge on any atom is -0.480 e. The maximum Gasteiger partial charge on any atom is 0.433 e. The summed E-state index contributed by atoms with van der Waals surface area (Å²) in [7, 11) is 1.20. The molecule has 27 heavy (non-hydrogen) atoms. The zero-order chi connectivity index (χ0) is 20.4. The summed E-state index contributed by atoms with van der Waals surface area (Å²) < 4.78 is 25.7. The summed E-state index contributed by atoms with van der Waals surface area (Å²) in [4.78, 5) is 26.7. The fourth-order valence-electron chi connectivity index (χ4n) is 2.68. The topological polar surface area (TPSA) is 150 Å². The molecule has 11 heteroatoms. The van der Waals surface area contributed by atoms with Crippen LogP contribution in [0.3, 0.4) is 0 Å². The number of carbonyl (C=O) groups is 2. The van der Waals surface area contributed by atoms with Gasteiger partial charge in [-0.1, -0.05) is 0 Å². The number of hydrogen-bond acceptors (Lipinski definition) is 6. The summed E-state index contributed by atoms with van der Waals surface area (Å²) in [5.41, 5.74) is 1.02. The fourth-order valence-corrected chi connectivity index (χ4v) is 3.05. The lowest BCUT2D eigenvalue weighted by Gasteiger charge is -2.32. The Bertz CT molecular complexity index is 875. The number of aliphatic hydroxyl groups excluding tert-OH is 1. The molecule has 0 bridgehead atoms. The van der Waals surface area contributed by atoms with Crippen molar-refractivity contribution in [1.29, 1.82) is 0 Å². The van der Waals surface area contributed by atoms with Crippen LogP contribution in [0.1, 0.15) is 25.7 Å². The number of nitrogens with one attached hydrogen (secondary N) is 1. The van der Waals surface area contributed by atoms with Crippen LogP contribution in [-0.4, -0.2) is 60.1 Å². The summed E-state index contributed by atoms with van der Waals surface area (Å²) in [6, 6.07) is 1.72. The van der Waals surface area contributed by atoms with Crippen molar-refractivity contribution in [2.24, 2.45) is 4.99 Å². The zero-order valence-electron chi connectivity index (χ0n) is 14.9. The van der Waals surface area contributed by atoms with E-state index >= 15 is 0 Å². The summed E-state index contributed by atoms with van der Waals surface area (Å²) in [5.74, 6) is -1.30. The quantitative estimate of drug-likeness (QED) is 0.491. The van der Waals surface area contributed by atoms with Crippen LogP contribution in [-0.2, 0) is 20.6 Å². The van der Waals surface area contributed by atoms with E-state index in [-0.39, 0.29) is 6.61 Å². The number of carboxylic acid groups (broad SMARTS) is 1. The molecule has 0 spiro atoms. The molecule has 2 heterocycles. The van der Waals surface area contributed by atoms with E-state index < -0.39 is 40.1 Å². The Labute approximate surface area is 157 Å². The molecule has 1 aliphatic heterocycles. The first kappa shape index (κ1) is 21.0. The molecule has 0 saturated carbocycles. The number of ether oxygens (including phenoxy) is 1. The molecule has 148 valence electrons. The summed E-state index contributed by atoms with van der Waals surface area (Å²) >= 11 is -2.41. The van der Waals surface area contributed by atoms with Gasteiger partial charge in [0.25, 0.3) is 0 Å². The van der Waals surface area contributed by atoms with Gasteiger partial charge in [0.05, 0.1) is 23.8 Å². The first-order chi connectivity index (χ1) is 12.6. The van der Waals surface area contributed by atoms with Gasteiger partial charge in [0.1, 0.15) is 12.2 Å². The number of pyridine rings is 1. The molecule has 2 unspecified atom stereocenters. The predicted molar refractivity (Wildman–Crippen MR) is 95.9 cm³/mol. The summed E-state index contributed by atoms with van der Waals surface area (Å²) in [6.07, 6.45) is 1.67. The van der Waals surface area contributed by atoms with Crippen LogP contribution in [0.4, 0.5) is 4.79 Å². The highest BCUT2D eigenvalue weighted by atomic mass is 32.2. The molecule has 1 aliphatic rings. The molecule has 0 fully saturated rings. The third kappa shape index (κ3) is 4.33. The molecule has 2 rings (SSSR count). The number of fused-ring (bicyclic) bond motifs is 1. The standard InChI is InChI=1S/C16H21N3O7S/c1-16(2,27(24)25)12(14(21)22)18-13-9(8-20)6-11-7-10(4-5-19(11)13)17-15(23)26-3/h4-7,12-13,18,20H,8H2,1-3H3,(H,21,22)(H,24,25)/b17-10-/t12-,13?/m0/s1. The van der Waals surface area contributed by atoms with Gasteiger partial charge in [-0.25, -0.2) is 9.00 Å². The number of aliphatic hydroxyl groups is 1. The highest BCUT2D eigenvalue weighted by Crippen LogP contribution is 2.29. The summed E-state index contributed by atoms with van der Waals surface area (Å²) in [6.45, 7) is 2.35. The molecule has 3 atom stereocenters. The lowest BCUT2D eigenvalue weighted by Crippen LogP contribution is -2.56. The number of aliphatic carboxylic acids is 1. The van der Waals surface area contributed by atoms with E-state index in [2.05, 4.69) is 15.0 Å². The number of rotatable bonds is 6. The van der Waals surface area contributed by atoms with Crippen LogP contribution < -0.4 is 10.7 Å². The molecular formula is C16H21N3O7S. The van der Waals surface area contributed by atoms with Crippen molar-refractivity contribution in [3.8, 4) is 0 Å². The average molecular weight is 399 g/mol. The first-order valence-electron chi connectivity index (χ1n) is 7.87. The molecule has 1 aromatic heterocycles. The number of methoxy groups -OCH3 is 1. The van der Waals surface area contributed by atoms with Gasteiger partial charge in [0.15, 0.2) is 11.1 Å². The van der Waals surface area contributed by atoms with Gasteiger partial charge in [-0.15, -0.1) is 0 Å². The highest BCUT2D eigenvalue weighted by Gasteiger charge is 2.42. The lowest BCUT2D eigenvalue weighted by molar-refractivity contribution is -0.140. The van der Waals surface area contributed by atoms with Gasteiger partial charge in [-0.3, -0.25) is 10.1 Å². The molecule has 1 amide bonds. The van der Waals surface area contributed by atoms with Crippen LogP contribution in [0.2, 0.25) is 0 Å². The van der Waals surface area contributed by atoms with Crippen LogP contribution in [0.25, 0.3) is 6.08 Å². The Hall–Kier alpha value is -2.34. The largest absolute Gasteiger partial charge is 0.480 e. The minimum absolute atomic E-state index is 0.328. The fraction of sp³-hybridized carbons (Fsp3) is 0.438. The zero-order valence-corrected chi connectivity index (χ0v) is 15.8. The van der Waals surface area contributed by atoms with Crippen LogP contribution in [0, 0.1) is 0 Å². The Kier molecular flexibility index (Phi) is 6.31. The minimum atomic E-state index is -2.41. The number of nitrogens with zero attached hydrogens (tertiary/aromatic N) is 2. The molecule has 4 N–H and O–H groups in total. The van der Waals surface area contributed by atoms with E-state index in [1.165, 1.54) is 27.0 Å². The lowest BCUT2D eigenvalue weighted by atomic mass is 10.0. The van der Waals surface area contributed by atoms with Gasteiger partial charge < -0.3 is 24.1 Å². The molecule has 0 aliphatic carbocycles. The van der Waals surface area contributed by atoms with Crippen molar-refractivity contribution in [2.45, 2.75) is 30.8 Å². The second kappa shape index (κ2) is 8.13. The normalized spacial score (nSPS) is 19.2. The third-order valence-corrected chi connectivity index (χ3v) is 5.39. The van der Waals surface area contributed by atoms with Crippen molar-refractivity contribution in [1.82, 2.24) is 9.88 Å². The molecular weight excluding hydrogens is 378 g/mol. The average Bonchev–Trinajstić information content (AvgIpc) is 2.95. The van der Waals surface area contributed by atoms with Gasteiger partial charge in [-0.2, -0.15) is 4.99 Å². The number of aromatic nitrogens is 1. The van der Waals surface area contributed by atoms with Crippen molar-refractivity contribution in [3.05, 3.63) is 35.0 Å². The van der Waals surface area contributed by atoms with Crippen LogP contribution >= 0.6 is 0 Å². The second-order valence-corrected chi connectivity index (χ2v) is 7.92. The SMILES string of the molecule is COC(=O)/N=c1/ccn2c(c1)C=C(CO)C2N[C@@H](C(=O)O)C(C)(C)S(=O)O. The summed E-state index contributed by atoms with van der Waals surface area (Å²) in [5, 5.41) is 22.3. The Morgan fingerprint density at radius 1 is 1.48 bits per heavy atom. The van der Waals surface area contributed by atoms with Gasteiger partial charge in [-0.05, 0) is 37.6 Å². The van der Waals surface area contributed by atoms with E-state index in [1.807, 2.05) is 0 Å². The number of amides is 1. The van der Waals surface area contributed by atoms with Gasteiger partial charge in [0.2, 0.25) is 0 Å². The van der Waals surface area contributed by atoms with Crippen molar-refractivity contribution < 1.29 is 33.3 Å². The van der Waals surface area contributed by atoms with Crippen molar-refractivity contribution in [2.75, 3.05) is 13.7 Å². The highest BCUT2D eigenvalue weighted by molar-refractivity contribution is 7.80. The van der Waals surface area contributed by atoms with Crippen molar-refractivity contribution >= 4 is 29.2 Å². The first-order valence-corrected chi connectivity index (χ1v) is 8.98.